The smallest absolute Gasteiger partial charge is 0.216 e. The van der Waals surface area contributed by atoms with Crippen LogP contribution in [0.4, 0.5) is 0 Å². The summed E-state index contributed by atoms with van der Waals surface area (Å²) in [6, 6.07) is 15.9. The first-order valence-electron chi connectivity index (χ1n) is 16.9. The number of allylic oxidation sites excluding steroid dienone is 2. The molecule has 4 heterocycles. The number of aliphatic hydroxyl groups excluding tert-OH is 1. The number of hydrogen-bond acceptors (Lipinski definition) is 6. The van der Waals surface area contributed by atoms with Crippen molar-refractivity contribution in [2.24, 2.45) is 11.8 Å². The molecule has 4 aromatic heterocycles. The number of aryl methyl sites for hydroxylation is 1. The summed E-state index contributed by atoms with van der Waals surface area (Å²) in [6.45, 7) is 19.5. The molecule has 0 atom stereocenters. The van der Waals surface area contributed by atoms with Crippen molar-refractivity contribution in [3.8, 4) is 11.3 Å². The molecule has 0 fully saturated rings. The first kappa shape index (κ1) is 37.0. The largest absolute Gasteiger partial charge is 0.512 e. The molecule has 1 aliphatic rings. The molecule has 0 saturated carbocycles. The average molecular weight is 830 g/mol. The number of rotatable bonds is 8. The molecule has 0 unspecified atom stereocenters. The Morgan fingerprint density at radius 2 is 1.55 bits per heavy atom. The Kier molecular flexibility index (Phi) is 11.6. The van der Waals surface area contributed by atoms with Crippen molar-refractivity contribution in [3.05, 3.63) is 70.4 Å². The molecular formula is C40H49IrN2O3S-. The third-order valence-electron chi connectivity index (χ3n) is 10.00. The van der Waals surface area contributed by atoms with Crippen LogP contribution in [0.2, 0.25) is 0 Å². The fraction of sp³-hybridized carbons (Fsp3) is 0.475. The second-order valence-corrected chi connectivity index (χ2v) is 15.1. The van der Waals surface area contributed by atoms with Gasteiger partial charge < -0.3 is 9.52 Å². The quantitative estimate of drug-likeness (QED) is 0.0958. The molecule has 5 nitrogen and oxygen atoms in total. The van der Waals surface area contributed by atoms with Crippen molar-refractivity contribution >= 4 is 49.4 Å². The molecule has 7 heteroatoms. The first-order chi connectivity index (χ1) is 21.8. The van der Waals surface area contributed by atoms with E-state index in [-0.39, 0.29) is 54.3 Å². The molecule has 1 aliphatic carbocycles. The van der Waals surface area contributed by atoms with Crippen LogP contribution < -0.4 is 0 Å². The molecule has 6 rings (SSSR count). The van der Waals surface area contributed by atoms with E-state index in [1.165, 1.54) is 34.7 Å². The van der Waals surface area contributed by atoms with Gasteiger partial charge >= 0.3 is 0 Å². The monoisotopic (exact) mass is 830 g/mol. The van der Waals surface area contributed by atoms with Crippen molar-refractivity contribution in [1.82, 2.24) is 9.97 Å². The van der Waals surface area contributed by atoms with Crippen LogP contribution in [-0.4, -0.2) is 20.9 Å². The van der Waals surface area contributed by atoms with Crippen LogP contribution in [0.25, 0.3) is 43.5 Å². The number of fused-ring (bicyclic) bond motifs is 6. The fourth-order valence-corrected chi connectivity index (χ4v) is 8.30. The van der Waals surface area contributed by atoms with E-state index in [1.807, 2.05) is 58.1 Å². The summed E-state index contributed by atoms with van der Waals surface area (Å²) in [5.74, 6) is 0.547. The molecule has 0 spiro atoms. The van der Waals surface area contributed by atoms with Crippen LogP contribution >= 0.6 is 11.3 Å². The van der Waals surface area contributed by atoms with Crippen molar-refractivity contribution < 1.29 is 34.4 Å². The molecule has 0 aliphatic heterocycles. The third kappa shape index (κ3) is 7.28. The van der Waals surface area contributed by atoms with Gasteiger partial charge in [-0.15, -0.1) is 29.5 Å². The number of benzene rings is 1. The molecule has 1 aromatic carbocycles. The van der Waals surface area contributed by atoms with Crippen molar-refractivity contribution in [3.63, 3.8) is 0 Å². The number of furan rings is 1. The van der Waals surface area contributed by atoms with Crippen LogP contribution in [0, 0.1) is 24.8 Å². The van der Waals surface area contributed by atoms with Crippen molar-refractivity contribution in [1.29, 1.82) is 0 Å². The van der Waals surface area contributed by atoms with E-state index in [2.05, 4.69) is 63.0 Å². The molecule has 0 bridgehead atoms. The van der Waals surface area contributed by atoms with Gasteiger partial charge in [0.1, 0.15) is 4.83 Å². The zero-order valence-corrected chi connectivity index (χ0v) is 32.6. The van der Waals surface area contributed by atoms with E-state index in [0.717, 1.165) is 63.8 Å². The Morgan fingerprint density at radius 3 is 2.21 bits per heavy atom. The van der Waals surface area contributed by atoms with E-state index >= 15 is 0 Å². The summed E-state index contributed by atoms with van der Waals surface area (Å²) in [6.07, 6.45) is 7.33. The van der Waals surface area contributed by atoms with Gasteiger partial charge in [-0.1, -0.05) is 78.5 Å². The maximum atomic E-state index is 11.7. The summed E-state index contributed by atoms with van der Waals surface area (Å²) in [4.78, 5) is 24.0. The number of aliphatic hydroxyl groups is 1. The number of hydrogen-bond donors (Lipinski definition) is 1. The molecule has 0 amide bonds. The number of carbonyl (C=O) groups excluding carboxylic acids is 1. The minimum Gasteiger partial charge on any atom is -0.512 e. The van der Waals surface area contributed by atoms with E-state index < -0.39 is 0 Å². The maximum Gasteiger partial charge on any atom is 0.216 e. The van der Waals surface area contributed by atoms with Gasteiger partial charge in [-0.25, -0.2) is 4.98 Å². The van der Waals surface area contributed by atoms with Crippen molar-refractivity contribution in [2.75, 3.05) is 0 Å². The zero-order valence-electron chi connectivity index (χ0n) is 29.3. The van der Waals surface area contributed by atoms with Crippen LogP contribution in [0.3, 0.4) is 0 Å². The van der Waals surface area contributed by atoms with Gasteiger partial charge in [0, 0.05) is 59.4 Å². The number of carbonyl (C=O) groups is 1. The minimum atomic E-state index is 0. The fourth-order valence-electron chi connectivity index (χ4n) is 6.81. The van der Waals surface area contributed by atoms with Crippen LogP contribution in [-0.2, 0) is 35.7 Å². The van der Waals surface area contributed by atoms with Crippen LogP contribution in [0.15, 0.2) is 52.7 Å². The molecule has 47 heavy (non-hydrogen) atoms. The molecule has 1 N–H and O–H groups in total. The predicted molar refractivity (Wildman–Crippen MR) is 193 cm³/mol. The normalized spacial score (nSPS) is 15.5. The summed E-state index contributed by atoms with van der Waals surface area (Å²) < 4.78 is 6.20. The summed E-state index contributed by atoms with van der Waals surface area (Å²) >= 11 is 1.86. The Morgan fingerprint density at radius 1 is 0.915 bits per heavy atom. The second-order valence-electron chi connectivity index (χ2n) is 14.1. The Hall–Kier alpha value is -2.86. The summed E-state index contributed by atoms with van der Waals surface area (Å²) in [7, 11) is 0. The zero-order chi connectivity index (χ0) is 33.4. The Bertz CT molecular complexity index is 1910. The number of pyridine rings is 2. The van der Waals surface area contributed by atoms with E-state index in [9.17, 15) is 9.90 Å². The standard InChI is InChI=1S/C27H25N2OS.C13H24O2.Ir/c1-15-9-10-17-16-7-6-8-18(22(16)30-24(17)28-15)20-12-11-19-21-23(31-25(19)29-20)27(4,5)14-13-26(21,2)3;1-5-10(6-2)12(14)9-13(15)11(7-3)8-4;/h6-7,9-12H,13-14H2,1-5H3;9-11,14H,5-8H2,1-4H3;/q-1;;/b;12-9-;. The van der Waals surface area contributed by atoms with Crippen LogP contribution in [0.1, 0.15) is 110 Å². The van der Waals surface area contributed by atoms with E-state index in [0.29, 0.717) is 5.71 Å². The second kappa shape index (κ2) is 14.7. The Labute approximate surface area is 297 Å². The number of ketones is 1. The van der Waals surface area contributed by atoms with E-state index in [1.54, 1.807) is 0 Å². The summed E-state index contributed by atoms with van der Waals surface area (Å²) in [5.41, 5.74) is 6.12. The minimum absolute atomic E-state index is 0. The molecular weight excluding hydrogens is 781 g/mol. The first-order valence-corrected chi connectivity index (χ1v) is 17.8. The Balaban J connectivity index is 0.000000269. The topological polar surface area (TPSA) is 76.2 Å². The SMILES string of the molecule is CCC(CC)C(=O)/C=C(\O)C(CC)CC.Cc1ccc2c(n1)oc1c(-c3ccc4c5c(sc4n3)C(C)(C)CCC5(C)C)[c-]ccc12.[Ir]. The van der Waals surface area contributed by atoms with Gasteiger partial charge in [0.2, 0.25) is 5.71 Å². The van der Waals surface area contributed by atoms with Gasteiger partial charge in [-0.2, -0.15) is 0 Å². The van der Waals surface area contributed by atoms with Gasteiger partial charge in [0.15, 0.2) is 5.78 Å². The van der Waals surface area contributed by atoms with E-state index in [4.69, 9.17) is 9.40 Å². The molecule has 1 radical (unpaired) electrons. The maximum absolute atomic E-state index is 11.7. The van der Waals surface area contributed by atoms with Crippen molar-refractivity contribution in [2.45, 2.75) is 112 Å². The number of thiophene rings is 1. The van der Waals surface area contributed by atoms with Gasteiger partial charge in [-0.3, -0.25) is 9.78 Å². The molecule has 253 valence electrons. The third-order valence-corrected chi connectivity index (χ3v) is 11.5. The molecule has 0 saturated heterocycles. The molecule has 5 aromatic rings. The van der Waals surface area contributed by atoms with Gasteiger partial charge in [0.25, 0.3) is 0 Å². The summed E-state index contributed by atoms with van der Waals surface area (Å²) in [5, 5.41) is 13.2. The van der Waals surface area contributed by atoms with Gasteiger partial charge in [0.05, 0.1) is 11.3 Å². The van der Waals surface area contributed by atoms with Gasteiger partial charge in [-0.05, 0) is 79.7 Å². The average Bonchev–Trinajstić information content (AvgIpc) is 3.60. The number of nitrogens with zero attached hydrogens (tertiary/aromatic N) is 2. The predicted octanol–water partition coefficient (Wildman–Crippen LogP) is 11.6. The number of aromatic nitrogens is 2. The van der Waals surface area contributed by atoms with Crippen LogP contribution in [0.5, 0.6) is 0 Å².